The standard InChI is InChI=1S/C12H15N3O4/c13-9-3-5-14(6-4-9)10-2-1-8(12(16)17)7-11(10)15(18)19/h1-2,7,9H,3-6,13H2,(H,16,17). The summed E-state index contributed by atoms with van der Waals surface area (Å²) in [5, 5.41) is 19.9. The van der Waals surface area contributed by atoms with Gasteiger partial charge in [-0.2, -0.15) is 0 Å². The second kappa shape index (κ2) is 5.23. The van der Waals surface area contributed by atoms with Crippen LogP contribution >= 0.6 is 0 Å². The first-order valence-electron chi connectivity index (χ1n) is 6.01. The normalized spacial score (nSPS) is 16.4. The van der Waals surface area contributed by atoms with Crippen molar-refractivity contribution in [1.29, 1.82) is 0 Å². The molecule has 0 aromatic heterocycles. The zero-order valence-corrected chi connectivity index (χ0v) is 10.3. The van der Waals surface area contributed by atoms with Crippen LogP contribution in [0.2, 0.25) is 0 Å². The van der Waals surface area contributed by atoms with E-state index >= 15 is 0 Å². The van der Waals surface area contributed by atoms with E-state index in [1.807, 2.05) is 4.90 Å². The first-order chi connectivity index (χ1) is 8.99. The van der Waals surface area contributed by atoms with Crippen LogP contribution < -0.4 is 10.6 Å². The van der Waals surface area contributed by atoms with E-state index in [0.717, 1.165) is 18.9 Å². The molecule has 0 atom stereocenters. The molecule has 0 saturated carbocycles. The number of carboxylic acids is 1. The Morgan fingerprint density at radius 3 is 2.58 bits per heavy atom. The number of carboxylic acid groups (broad SMARTS) is 1. The molecule has 1 aliphatic rings. The van der Waals surface area contributed by atoms with Crippen LogP contribution in [0.3, 0.4) is 0 Å². The van der Waals surface area contributed by atoms with Gasteiger partial charge in [0.2, 0.25) is 0 Å². The number of nitrogens with zero attached hydrogens (tertiary/aromatic N) is 2. The van der Waals surface area contributed by atoms with Gasteiger partial charge in [0.25, 0.3) is 5.69 Å². The van der Waals surface area contributed by atoms with E-state index in [-0.39, 0.29) is 17.3 Å². The summed E-state index contributed by atoms with van der Waals surface area (Å²) in [5.74, 6) is -1.17. The van der Waals surface area contributed by atoms with Crippen LogP contribution in [0.15, 0.2) is 18.2 Å². The van der Waals surface area contributed by atoms with Crippen molar-refractivity contribution in [3.63, 3.8) is 0 Å². The fourth-order valence-corrected chi connectivity index (χ4v) is 2.21. The molecule has 0 aliphatic carbocycles. The summed E-state index contributed by atoms with van der Waals surface area (Å²) in [6, 6.07) is 4.12. The molecule has 7 nitrogen and oxygen atoms in total. The molecule has 1 heterocycles. The maximum Gasteiger partial charge on any atom is 0.335 e. The highest BCUT2D eigenvalue weighted by molar-refractivity contribution is 5.89. The van der Waals surface area contributed by atoms with Crippen molar-refractivity contribution in [2.75, 3.05) is 18.0 Å². The smallest absolute Gasteiger partial charge is 0.335 e. The van der Waals surface area contributed by atoms with Crippen molar-refractivity contribution in [2.24, 2.45) is 5.73 Å². The molecule has 0 unspecified atom stereocenters. The molecular formula is C12H15N3O4. The SMILES string of the molecule is NC1CCN(c2ccc(C(=O)O)cc2[N+](=O)[O-])CC1. The van der Waals surface area contributed by atoms with Gasteiger partial charge in [-0.1, -0.05) is 0 Å². The minimum absolute atomic E-state index is 0.0795. The molecule has 0 spiro atoms. The van der Waals surface area contributed by atoms with Gasteiger partial charge in [-0.05, 0) is 25.0 Å². The summed E-state index contributed by atoms with van der Waals surface area (Å²) in [4.78, 5) is 23.3. The van der Waals surface area contributed by atoms with E-state index in [4.69, 9.17) is 10.8 Å². The molecule has 1 aromatic rings. The molecule has 1 saturated heterocycles. The number of anilines is 1. The quantitative estimate of drug-likeness (QED) is 0.628. The third-order valence-electron chi connectivity index (χ3n) is 3.30. The number of carbonyl (C=O) groups is 1. The zero-order valence-electron chi connectivity index (χ0n) is 10.3. The number of piperidine rings is 1. The monoisotopic (exact) mass is 265 g/mol. The van der Waals surface area contributed by atoms with Gasteiger partial charge >= 0.3 is 5.97 Å². The molecule has 0 radical (unpaired) electrons. The van der Waals surface area contributed by atoms with Gasteiger partial charge in [0.15, 0.2) is 0 Å². The van der Waals surface area contributed by atoms with Crippen molar-refractivity contribution in [2.45, 2.75) is 18.9 Å². The van der Waals surface area contributed by atoms with Gasteiger partial charge in [-0.3, -0.25) is 10.1 Å². The lowest BCUT2D eigenvalue weighted by Crippen LogP contribution is -2.39. The molecule has 3 N–H and O–H groups in total. The Morgan fingerprint density at radius 1 is 1.42 bits per heavy atom. The van der Waals surface area contributed by atoms with Crippen LogP contribution in [0.5, 0.6) is 0 Å². The summed E-state index contributed by atoms with van der Waals surface area (Å²) in [5.41, 5.74) is 6.01. The Bertz CT molecular complexity index is 510. The van der Waals surface area contributed by atoms with Gasteiger partial charge < -0.3 is 15.7 Å². The number of benzene rings is 1. The largest absolute Gasteiger partial charge is 0.478 e. The number of nitro groups is 1. The fraction of sp³-hybridized carbons (Fsp3) is 0.417. The molecular weight excluding hydrogens is 250 g/mol. The lowest BCUT2D eigenvalue weighted by Gasteiger charge is -2.31. The first kappa shape index (κ1) is 13.3. The Balaban J connectivity index is 2.34. The van der Waals surface area contributed by atoms with E-state index in [1.54, 1.807) is 0 Å². The fourth-order valence-electron chi connectivity index (χ4n) is 2.21. The third kappa shape index (κ3) is 2.82. The molecule has 1 aromatic carbocycles. The van der Waals surface area contributed by atoms with Crippen molar-refractivity contribution in [3.05, 3.63) is 33.9 Å². The second-order valence-corrected chi connectivity index (χ2v) is 4.59. The number of hydrogen-bond donors (Lipinski definition) is 2. The third-order valence-corrected chi connectivity index (χ3v) is 3.30. The average molecular weight is 265 g/mol. The number of hydrogen-bond acceptors (Lipinski definition) is 5. The molecule has 19 heavy (non-hydrogen) atoms. The van der Waals surface area contributed by atoms with Crippen LogP contribution in [0.1, 0.15) is 23.2 Å². The number of nitro benzene ring substituents is 1. The van der Waals surface area contributed by atoms with Crippen molar-refractivity contribution < 1.29 is 14.8 Å². The predicted molar refractivity (Wildman–Crippen MR) is 69.5 cm³/mol. The van der Waals surface area contributed by atoms with E-state index < -0.39 is 10.9 Å². The van der Waals surface area contributed by atoms with Crippen LogP contribution in [0, 0.1) is 10.1 Å². The topological polar surface area (TPSA) is 110 Å². The highest BCUT2D eigenvalue weighted by Crippen LogP contribution is 2.31. The lowest BCUT2D eigenvalue weighted by atomic mass is 10.0. The highest BCUT2D eigenvalue weighted by atomic mass is 16.6. The van der Waals surface area contributed by atoms with Gasteiger partial charge in [0.05, 0.1) is 10.5 Å². The minimum atomic E-state index is -1.17. The van der Waals surface area contributed by atoms with Crippen LogP contribution in [0.25, 0.3) is 0 Å². The lowest BCUT2D eigenvalue weighted by molar-refractivity contribution is -0.384. The zero-order chi connectivity index (χ0) is 14.0. The van der Waals surface area contributed by atoms with Crippen molar-refractivity contribution in [3.8, 4) is 0 Å². The Hall–Kier alpha value is -2.15. The summed E-state index contributed by atoms with van der Waals surface area (Å²) in [6.07, 6.45) is 1.55. The van der Waals surface area contributed by atoms with Crippen molar-refractivity contribution in [1.82, 2.24) is 0 Å². The van der Waals surface area contributed by atoms with E-state index in [1.165, 1.54) is 12.1 Å². The van der Waals surface area contributed by atoms with Gasteiger partial charge in [-0.15, -0.1) is 0 Å². The molecule has 102 valence electrons. The van der Waals surface area contributed by atoms with E-state index in [2.05, 4.69) is 0 Å². The van der Waals surface area contributed by atoms with E-state index in [0.29, 0.717) is 18.8 Å². The molecule has 1 aliphatic heterocycles. The molecule has 1 fully saturated rings. The highest BCUT2D eigenvalue weighted by Gasteiger charge is 2.24. The second-order valence-electron chi connectivity index (χ2n) is 4.59. The van der Waals surface area contributed by atoms with Crippen LogP contribution in [-0.2, 0) is 0 Å². The van der Waals surface area contributed by atoms with Crippen LogP contribution in [0.4, 0.5) is 11.4 Å². The molecule has 2 rings (SSSR count). The average Bonchev–Trinajstić information content (AvgIpc) is 2.38. The number of aromatic carboxylic acids is 1. The van der Waals surface area contributed by atoms with Crippen LogP contribution in [-0.4, -0.2) is 35.1 Å². The maximum absolute atomic E-state index is 11.1. The maximum atomic E-state index is 11.1. The number of rotatable bonds is 3. The Kier molecular flexibility index (Phi) is 3.66. The summed E-state index contributed by atoms with van der Waals surface area (Å²) < 4.78 is 0. The number of nitrogens with two attached hydrogens (primary N) is 1. The summed E-state index contributed by atoms with van der Waals surface area (Å²) in [6.45, 7) is 1.29. The predicted octanol–water partition coefficient (Wildman–Crippen LogP) is 1.22. The first-order valence-corrected chi connectivity index (χ1v) is 6.01. The van der Waals surface area contributed by atoms with Gasteiger partial charge in [0, 0.05) is 25.2 Å². The Morgan fingerprint density at radius 2 is 2.05 bits per heavy atom. The molecule has 0 amide bonds. The molecule has 0 bridgehead atoms. The van der Waals surface area contributed by atoms with E-state index in [9.17, 15) is 14.9 Å². The Labute approximate surface area is 109 Å². The minimum Gasteiger partial charge on any atom is -0.478 e. The molecule has 7 heteroatoms. The van der Waals surface area contributed by atoms with Crippen molar-refractivity contribution >= 4 is 17.3 Å². The summed E-state index contributed by atoms with van der Waals surface area (Å²) >= 11 is 0. The summed E-state index contributed by atoms with van der Waals surface area (Å²) in [7, 11) is 0. The van der Waals surface area contributed by atoms with Gasteiger partial charge in [-0.25, -0.2) is 4.79 Å². The van der Waals surface area contributed by atoms with Gasteiger partial charge in [0.1, 0.15) is 5.69 Å².